The van der Waals surface area contributed by atoms with E-state index in [4.69, 9.17) is 16.3 Å². The summed E-state index contributed by atoms with van der Waals surface area (Å²) >= 11 is 5.97. The molecule has 0 heterocycles. The van der Waals surface area contributed by atoms with E-state index in [1.54, 1.807) is 54.6 Å². The Bertz CT molecular complexity index is 1410. The monoisotopic (exact) mass is 554 g/mol. The zero-order valence-electron chi connectivity index (χ0n) is 21.5. The Balaban J connectivity index is 1.35. The number of amides is 2. The minimum atomic E-state index is -1.22. The Kier molecular flexibility index (Phi) is 9.80. The first-order valence-corrected chi connectivity index (χ1v) is 13.0. The highest BCUT2D eigenvalue weighted by Crippen LogP contribution is 2.25. The molecule has 1 atom stereocenters. The molecule has 4 aromatic rings. The number of hydrogen-bond acceptors (Lipinski definition) is 5. The average Bonchev–Trinajstić information content (AvgIpc) is 2.99. The second-order valence-electron chi connectivity index (χ2n) is 8.90. The lowest BCUT2D eigenvalue weighted by molar-refractivity contribution is -0.147. The van der Waals surface area contributed by atoms with E-state index < -0.39 is 36.2 Å². The molecule has 0 aliphatic carbocycles. The van der Waals surface area contributed by atoms with Gasteiger partial charge in [0.2, 0.25) is 17.6 Å². The molecule has 0 radical (unpaired) electrons. The zero-order valence-corrected chi connectivity index (χ0v) is 22.2. The van der Waals surface area contributed by atoms with Crippen LogP contribution in [0.15, 0.2) is 115 Å². The molecule has 202 valence electrons. The molecule has 0 fully saturated rings. The van der Waals surface area contributed by atoms with Gasteiger partial charge in [0.25, 0.3) is 0 Å². The van der Waals surface area contributed by atoms with Crippen LogP contribution in [0.25, 0.3) is 0 Å². The van der Waals surface area contributed by atoms with Gasteiger partial charge in [-0.05, 0) is 23.3 Å². The number of benzene rings is 4. The summed E-state index contributed by atoms with van der Waals surface area (Å²) < 4.78 is 5.49. The summed E-state index contributed by atoms with van der Waals surface area (Å²) in [5.41, 5.74) is 2.38. The number of rotatable bonds is 11. The van der Waals surface area contributed by atoms with Crippen molar-refractivity contribution in [1.29, 1.82) is 0 Å². The van der Waals surface area contributed by atoms with E-state index in [-0.39, 0.29) is 12.5 Å². The van der Waals surface area contributed by atoms with Gasteiger partial charge >= 0.3 is 5.97 Å². The molecule has 4 rings (SSSR count). The number of ether oxygens (including phenoxy) is 1. The number of halogens is 1. The molecule has 0 spiro atoms. The third-order valence-electron chi connectivity index (χ3n) is 6.10. The predicted molar refractivity (Wildman–Crippen MR) is 152 cm³/mol. The highest BCUT2D eigenvalue weighted by molar-refractivity contribution is 6.30. The molecular weight excluding hydrogens is 528 g/mol. The second kappa shape index (κ2) is 13.9. The van der Waals surface area contributed by atoms with Gasteiger partial charge in [-0.3, -0.25) is 19.2 Å². The quantitative estimate of drug-likeness (QED) is 0.203. The van der Waals surface area contributed by atoms with Crippen LogP contribution in [0, 0.1) is 0 Å². The van der Waals surface area contributed by atoms with E-state index in [2.05, 4.69) is 10.6 Å². The molecule has 8 heteroatoms. The molecule has 0 aliphatic rings. The maximum absolute atomic E-state index is 13.1. The molecule has 1 unspecified atom stereocenters. The van der Waals surface area contributed by atoms with Crippen LogP contribution < -0.4 is 10.6 Å². The third-order valence-corrected chi connectivity index (χ3v) is 6.35. The van der Waals surface area contributed by atoms with E-state index in [1.807, 2.05) is 60.7 Å². The number of ketones is 1. The summed E-state index contributed by atoms with van der Waals surface area (Å²) in [4.78, 5) is 51.4. The molecule has 0 saturated heterocycles. The highest BCUT2D eigenvalue weighted by atomic mass is 35.5. The Labute approximate surface area is 237 Å². The molecule has 2 N–H and O–H groups in total. The van der Waals surface area contributed by atoms with Crippen molar-refractivity contribution in [3.05, 3.63) is 143 Å². The topological polar surface area (TPSA) is 102 Å². The maximum atomic E-state index is 13.1. The first kappa shape index (κ1) is 28.3. The zero-order chi connectivity index (χ0) is 28.3. The maximum Gasteiger partial charge on any atom is 0.326 e. The normalized spacial score (nSPS) is 11.3. The van der Waals surface area contributed by atoms with Crippen LogP contribution in [0.4, 0.5) is 0 Å². The number of Topliss-reactive ketones (excluding diaryl/α,β-unsaturated/α-hetero) is 1. The Morgan fingerprint density at radius 1 is 0.625 bits per heavy atom. The lowest BCUT2D eigenvalue weighted by Gasteiger charge is -2.19. The van der Waals surface area contributed by atoms with Crippen molar-refractivity contribution in [3.8, 4) is 0 Å². The predicted octanol–water partition coefficient (Wildman–Crippen LogP) is 4.87. The molecule has 2 amide bonds. The van der Waals surface area contributed by atoms with Crippen molar-refractivity contribution < 1.29 is 23.9 Å². The Morgan fingerprint density at radius 2 is 1.15 bits per heavy atom. The molecule has 0 bridgehead atoms. The van der Waals surface area contributed by atoms with Crippen molar-refractivity contribution in [1.82, 2.24) is 10.6 Å². The highest BCUT2D eigenvalue weighted by Gasteiger charge is 2.27. The Morgan fingerprint density at radius 3 is 1.70 bits per heavy atom. The molecule has 40 heavy (non-hydrogen) atoms. The van der Waals surface area contributed by atoms with Crippen molar-refractivity contribution in [2.75, 3.05) is 13.1 Å². The van der Waals surface area contributed by atoms with Gasteiger partial charge in [0.15, 0.2) is 6.10 Å². The van der Waals surface area contributed by atoms with Crippen LogP contribution in [-0.4, -0.2) is 36.7 Å². The summed E-state index contributed by atoms with van der Waals surface area (Å²) in [6.07, 6.45) is -1.22. The number of carbonyl (C=O) groups excluding carboxylic acids is 4. The van der Waals surface area contributed by atoms with E-state index >= 15 is 0 Å². The number of carbonyl (C=O) groups is 4. The fourth-order valence-corrected chi connectivity index (χ4v) is 4.25. The second-order valence-corrected chi connectivity index (χ2v) is 9.34. The van der Waals surface area contributed by atoms with Gasteiger partial charge in [-0.25, -0.2) is 0 Å². The SMILES string of the molecule is O=C(CNC(=O)C(c1ccccc1)c1ccccc1)NCC(=O)OC(C(=O)c1ccccc1)c1ccc(Cl)cc1. The number of nitrogens with one attached hydrogen (secondary N) is 2. The molecule has 0 aliphatic heterocycles. The fourth-order valence-electron chi connectivity index (χ4n) is 4.13. The minimum absolute atomic E-state index is 0.341. The van der Waals surface area contributed by atoms with Crippen LogP contribution in [0.3, 0.4) is 0 Å². The van der Waals surface area contributed by atoms with Crippen LogP contribution >= 0.6 is 11.6 Å². The minimum Gasteiger partial charge on any atom is -0.448 e. The van der Waals surface area contributed by atoms with Gasteiger partial charge in [0.05, 0.1) is 12.5 Å². The summed E-state index contributed by atoms with van der Waals surface area (Å²) in [5.74, 6) is -2.77. The molecule has 7 nitrogen and oxygen atoms in total. The van der Waals surface area contributed by atoms with Gasteiger partial charge in [0, 0.05) is 16.1 Å². The van der Waals surface area contributed by atoms with Gasteiger partial charge in [-0.2, -0.15) is 0 Å². The van der Waals surface area contributed by atoms with E-state index in [1.165, 1.54) is 0 Å². The van der Waals surface area contributed by atoms with E-state index in [9.17, 15) is 19.2 Å². The standard InChI is InChI=1S/C32H27ClN2O5/c33-26-18-16-25(17-19-26)31(30(38)24-14-8-3-9-15-24)40-28(37)21-34-27(36)20-35-32(39)29(22-10-4-1-5-11-22)23-12-6-2-7-13-23/h1-19,29,31H,20-21H2,(H,34,36)(H,35,39). The lowest BCUT2D eigenvalue weighted by atomic mass is 9.90. The number of hydrogen-bond donors (Lipinski definition) is 2. The van der Waals surface area contributed by atoms with Gasteiger partial charge in [-0.1, -0.05) is 115 Å². The summed E-state index contributed by atoms with van der Waals surface area (Å²) in [6, 6.07) is 33.3. The van der Waals surface area contributed by atoms with Crippen molar-refractivity contribution in [3.63, 3.8) is 0 Å². The van der Waals surface area contributed by atoms with Crippen LogP contribution in [0.5, 0.6) is 0 Å². The Hall–Kier alpha value is -4.75. The fraction of sp³-hybridized carbons (Fsp3) is 0.125. The van der Waals surface area contributed by atoms with Crippen molar-refractivity contribution in [2.45, 2.75) is 12.0 Å². The van der Waals surface area contributed by atoms with Crippen LogP contribution in [-0.2, 0) is 19.1 Å². The lowest BCUT2D eigenvalue weighted by Crippen LogP contribution is -2.41. The molecule has 0 saturated carbocycles. The van der Waals surface area contributed by atoms with Crippen molar-refractivity contribution >= 4 is 35.2 Å². The van der Waals surface area contributed by atoms with Crippen molar-refractivity contribution in [2.24, 2.45) is 0 Å². The summed E-state index contributed by atoms with van der Waals surface area (Å²) in [7, 11) is 0. The van der Waals surface area contributed by atoms with Crippen LogP contribution in [0.2, 0.25) is 5.02 Å². The summed E-state index contributed by atoms with van der Waals surface area (Å²) in [6.45, 7) is -0.826. The van der Waals surface area contributed by atoms with E-state index in [0.29, 0.717) is 16.1 Å². The molecule has 4 aromatic carbocycles. The third kappa shape index (κ3) is 7.65. The average molecular weight is 555 g/mol. The first-order chi connectivity index (χ1) is 19.4. The van der Waals surface area contributed by atoms with Crippen LogP contribution in [0.1, 0.15) is 39.1 Å². The first-order valence-electron chi connectivity index (χ1n) is 12.6. The summed E-state index contributed by atoms with van der Waals surface area (Å²) in [5, 5.41) is 5.55. The largest absolute Gasteiger partial charge is 0.448 e. The number of esters is 1. The molecular formula is C32H27ClN2O5. The van der Waals surface area contributed by atoms with Gasteiger partial charge < -0.3 is 15.4 Å². The van der Waals surface area contributed by atoms with Gasteiger partial charge in [0.1, 0.15) is 6.54 Å². The van der Waals surface area contributed by atoms with Gasteiger partial charge in [-0.15, -0.1) is 0 Å². The van der Waals surface area contributed by atoms with E-state index in [0.717, 1.165) is 11.1 Å². The smallest absolute Gasteiger partial charge is 0.326 e. The molecule has 0 aromatic heterocycles.